The van der Waals surface area contributed by atoms with Gasteiger partial charge in [-0.15, -0.1) is 0 Å². The molecular formula is C11H13BrN2O. The summed E-state index contributed by atoms with van der Waals surface area (Å²) in [6.07, 6.45) is 3.14. The fourth-order valence-corrected chi connectivity index (χ4v) is 1.16. The average Bonchev–Trinajstić information content (AvgIpc) is 2.29. The van der Waals surface area contributed by atoms with Crippen molar-refractivity contribution in [2.45, 2.75) is 6.54 Å². The van der Waals surface area contributed by atoms with Crippen molar-refractivity contribution in [1.29, 1.82) is 0 Å². The van der Waals surface area contributed by atoms with Crippen molar-refractivity contribution in [3.05, 3.63) is 40.5 Å². The van der Waals surface area contributed by atoms with Gasteiger partial charge in [0.15, 0.2) is 0 Å². The molecule has 1 rings (SSSR count). The van der Waals surface area contributed by atoms with Gasteiger partial charge in [-0.3, -0.25) is 4.99 Å². The second-order valence-electron chi connectivity index (χ2n) is 2.87. The van der Waals surface area contributed by atoms with Gasteiger partial charge in [-0.2, -0.15) is 0 Å². The largest absolute Gasteiger partial charge is 0.497 e. The van der Waals surface area contributed by atoms with E-state index >= 15 is 0 Å². The van der Waals surface area contributed by atoms with E-state index in [1.165, 1.54) is 6.20 Å². The highest BCUT2D eigenvalue weighted by Crippen LogP contribution is 2.11. The highest BCUT2D eigenvalue weighted by molar-refractivity contribution is 9.12. The van der Waals surface area contributed by atoms with E-state index in [1.54, 1.807) is 13.3 Å². The van der Waals surface area contributed by atoms with Crippen LogP contribution in [-0.4, -0.2) is 13.3 Å². The Bertz CT molecular complexity index is 357. The van der Waals surface area contributed by atoms with Crippen molar-refractivity contribution < 1.29 is 4.74 Å². The summed E-state index contributed by atoms with van der Waals surface area (Å²) in [5, 5.41) is 0. The Morgan fingerprint density at radius 3 is 2.67 bits per heavy atom. The van der Waals surface area contributed by atoms with Crippen LogP contribution in [0.25, 0.3) is 0 Å². The summed E-state index contributed by atoms with van der Waals surface area (Å²) in [6, 6.07) is 7.80. The Hall–Kier alpha value is -1.29. The molecule has 0 heterocycles. The van der Waals surface area contributed by atoms with Crippen molar-refractivity contribution in [3.8, 4) is 5.75 Å². The first-order valence-corrected chi connectivity index (χ1v) is 5.25. The van der Waals surface area contributed by atoms with Crippen LogP contribution in [-0.2, 0) is 6.54 Å². The molecule has 0 spiro atoms. The zero-order valence-corrected chi connectivity index (χ0v) is 10.1. The minimum Gasteiger partial charge on any atom is -0.497 e. The van der Waals surface area contributed by atoms with E-state index < -0.39 is 0 Å². The monoisotopic (exact) mass is 268 g/mol. The van der Waals surface area contributed by atoms with E-state index in [0.717, 1.165) is 15.8 Å². The lowest BCUT2D eigenvalue weighted by atomic mass is 10.2. The van der Waals surface area contributed by atoms with Gasteiger partial charge >= 0.3 is 0 Å². The summed E-state index contributed by atoms with van der Waals surface area (Å²) in [6.45, 7) is 0.632. The molecule has 1 aromatic rings. The standard InChI is InChI=1S/C11H13BrN2O/c1-15-11-4-2-9(3-5-11)7-14-8-10(12)6-13/h2-6,8H,7,13H2,1H3. The van der Waals surface area contributed by atoms with Gasteiger partial charge in [0.1, 0.15) is 5.75 Å². The van der Waals surface area contributed by atoms with Crippen molar-refractivity contribution in [2.24, 2.45) is 10.7 Å². The van der Waals surface area contributed by atoms with E-state index in [9.17, 15) is 0 Å². The number of hydrogen-bond donors (Lipinski definition) is 1. The van der Waals surface area contributed by atoms with Gasteiger partial charge in [0.05, 0.1) is 18.1 Å². The van der Waals surface area contributed by atoms with Crippen molar-refractivity contribution in [1.82, 2.24) is 0 Å². The molecule has 0 aliphatic carbocycles. The normalized spacial score (nSPS) is 12.0. The van der Waals surface area contributed by atoms with Crippen LogP contribution < -0.4 is 10.5 Å². The molecule has 2 N–H and O–H groups in total. The Labute approximate surface area is 97.8 Å². The van der Waals surface area contributed by atoms with E-state index in [0.29, 0.717) is 6.54 Å². The molecule has 0 unspecified atom stereocenters. The minimum absolute atomic E-state index is 0.632. The highest BCUT2D eigenvalue weighted by Gasteiger charge is 1.92. The fraction of sp³-hybridized carbons (Fsp3) is 0.182. The molecule has 80 valence electrons. The number of hydrogen-bond acceptors (Lipinski definition) is 3. The molecule has 0 bridgehead atoms. The number of allylic oxidation sites excluding steroid dienone is 1. The average molecular weight is 269 g/mol. The maximum atomic E-state index is 5.27. The van der Waals surface area contributed by atoms with Crippen molar-refractivity contribution >= 4 is 22.1 Å². The van der Waals surface area contributed by atoms with Gasteiger partial charge in [-0.1, -0.05) is 12.1 Å². The second kappa shape index (κ2) is 6.24. The molecule has 15 heavy (non-hydrogen) atoms. The lowest BCUT2D eigenvalue weighted by Gasteiger charge is -2.00. The predicted octanol–water partition coefficient (Wildman–Crippen LogP) is 2.46. The van der Waals surface area contributed by atoms with Crippen LogP contribution in [0, 0.1) is 0 Å². The summed E-state index contributed by atoms with van der Waals surface area (Å²) in [7, 11) is 1.65. The van der Waals surface area contributed by atoms with Crippen molar-refractivity contribution in [3.63, 3.8) is 0 Å². The van der Waals surface area contributed by atoms with Crippen molar-refractivity contribution in [2.75, 3.05) is 7.11 Å². The lowest BCUT2D eigenvalue weighted by Crippen LogP contribution is -1.86. The fourth-order valence-electron chi connectivity index (χ4n) is 1.01. The quantitative estimate of drug-likeness (QED) is 0.853. The van der Waals surface area contributed by atoms with E-state index in [4.69, 9.17) is 10.5 Å². The number of methoxy groups -OCH3 is 1. The minimum atomic E-state index is 0.632. The molecule has 0 radical (unpaired) electrons. The van der Waals surface area contributed by atoms with Gasteiger partial charge in [0.25, 0.3) is 0 Å². The number of nitrogens with zero attached hydrogens (tertiary/aromatic N) is 1. The first-order valence-electron chi connectivity index (χ1n) is 4.46. The molecule has 0 saturated heterocycles. The molecule has 0 aromatic heterocycles. The van der Waals surface area contributed by atoms with Gasteiger partial charge in [0, 0.05) is 12.4 Å². The van der Waals surface area contributed by atoms with E-state index in [1.807, 2.05) is 24.3 Å². The van der Waals surface area contributed by atoms with Gasteiger partial charge < -0.3 is 10.5 Å². The van der Waals surface area contributed by atoms with Gasteiger partial charge in [-0.25, -0.2) is 0 Å². The third-order valence-electron chi connectivity index (χ3n) is 1.81. The Kier molecular flexibility index (Phi) is 4.90. The number of benzene rings is 1. The Balaban J connectivity index is 2.54. The molecule has 0 fully saturated rings. The predicted molar refractivity (Wildman–Crippen MR) is 66.4 cm³/mol. The molecule has 0 aliphatic heterocycles. The third-order valence-corrected chi connectivity index (χ3v) is 2.28. The molecule has 4 heteroatoms. The number of ether oxygens (including phenoxy) is 1. The Morgan fingerprint density at radius 2 is 2.13 bits per heavy atom. The number of nitrogens with two attached hydrogens (primary N) is 1. The Morgan fingerprint density at radius 1 is 1.47 bits per heavy atom. The SMILES string of the molecule is COc1ccc(CN=CC(Br)=CN)cc1. The van der Waals surface area contributed by atoms with Crippen LogP contribution in [0.15, 0.2) is 39.9 Å². The summed E-state index contributed by atoms with van der Waals surface area (Å²) in [5.41, 5.74) is 6.40. The molecule has 0 atom stereocenters. The van der Waals surface area contributed by atoms with E-state index in [2.05, 4.69) is 20.9 Å². The van der Waals surface area contributed by atoms with Crippen LogP contribution in [0.3, 0.4) is 0 Å². The molecule has 0 aliphatic rings. The highest BCUT2D eigenvalue weighted by atomic mass is 79.9. The molecule has 0 amide bonds. The van der Waals surface area contributed by atoms with Crippen LogP contribution in [0.1, 0.15) is 5.56 Å². The topological polar surface area (TPSA) is 47.6 Å². The molecule has 0 saturated carbocycles. The molecular weight excluding hydrogens is 256 g/mol. The maximum absolute atomic E-state index is 5.27. The number of rotatable bonds is 4. The first kappa shape index (κ1) is 11.8. The summed E-state index contributed by atoms with van der Waals surface area (Å²) >= 11 is 3.24. The van der Waals surface area contributed by atoms with Gasteiger partial charge in [0.2, 0.25) is 0 Å². The smallest absolute Gasteiger partial charge is 0.118 e. The number of aliphatic imine (C=N–C) groups is 1. The van der Waals surface area contributed by atoms with Crippen LogP contribution in [0.2, 0.25) is 0 Å². The zero-order chi connectivity index (χ0) is 11.1. The van der Waals surface area contributed by atoms with Crippen LogP contribution >= 0.6 is 15.9 Å². The lowest BCUT2D eigenvalue weighted by molar-refractivity contribution is 0.414. The summed E-state index contributed by atoms with van der Waals surface area (Å²) in [4.78, 5) is 4.21. The van der Waals surface area contributed by atoms with Crippen LogP contribution in [0.5, 0.6) is 5.75 Å². The van der Waals surface area contributed by atoms with Crippen LogP contribution in [0.4, 0.5) is 0 Å². The van der Waals surface area contributed by atoms with Gasteiger partial charge in [-0.05, 0) is 33.6 Å². The second-order valence-corrected chi connectivity index (χ2v) is 3.79. The molecule has 1 aromatic carbocycles. The summed E-state index contributed by atoms with van der Waals surface area (Å²) in [5.74, 6) is 0.853. The summed E-state index contributed by atoms with van der Waals surface area (Å²) < 4.78 is 5.83. The maximum Gasteiger partial charge on any atom is 0.118 e. The zero-order valence-electron chi connectivity index (χ0n) is 8.48. The third kappa shape index (κ3) is 4.16. The van der Waals surface area contributed by atoms with E-state index in [-0.39, 0.29) is 0 Å². The number of halogens is 1. The first-order chi connectivity index (χ1) is 7.26. The molecule has 3 nitrogen and oxygen atoms in total.